The molecule has 0 spiro atoms. The molecular weight excluding hydrogens is 352 g/mol. The first-order chi connectivity index (χ1) is 12.2. The number of nitrogens with one attached hydrogen (secondary N) is 2. The summed E-state index contributed by atoms with van der Waals surface area (Å²) in [6.45, 7) is 6.32. The molecule has 0 amide bonds. The molecule has 2 rings (SSSR count). The van der Waals surface area contributed by atoms with E-state index in [1.165, 1.54) is 19.5 Å². The summed E-state index contributed by atoms with van der Waals surface area (Å²) in [5, 5.41) is 39.7. The fourth-order valence-corrected chi connectivity index (χ4v) is 2.48. The summed E-state index contributed by atoms with van der Waals surface area (Å²) in [6.07, 6.45) is 1.77. The van der Waals surface area contributed by atoms with Crippen molar-refractivity contribution in [3.05, 3.63) is 0 Å². The number of rotatable bonds is 3. The molecule has 0 aromatic rings. The first kappa shape index (κ1) is 26.3. The molecule has 0 unspecified atom stereocenters. The van der Waals surface area contributed by atoms with E-state index in [9.17, 15) is 0 Å². The molecule has 0 atom stereocenters. The largest absolute Gasteiger partial charge is 0.304 e. The maximum absolute atomic E-state index is 8.63. The van der Waals surface area contributed by atoms with E-state index in [1.807, 2.05) is 9.80 Å². The molecule has 26 heavy (non-hydrogen) atoms. The lowest BCUT2D eigenvalue weighted by Crippen LogP contribution is -2.49. The summed E-state index contributed by atoms with van der Waals surface area (Å²) in [6, 6.07) is 8.03. The molecule has 0 aromatic heterocycles. The van der Waals surface area contributed by atoms with Crippen molar-refractivity contribution in [1.82, 2.24) is 20.4 Å². The zero-order valence-electron chi connectivity index (χ0n) is 14.4. The van der Waals surface area contributed by atoms with Crippen molar-refractivity contribution in [3.63, 3.8) is 0 Å². The molecule has 144 valence electrons. The minimum absolute atomic E-state index is 0. The van der Waals surface area contributed by atoms with Crippen molar-refractivity contribution in [2.24, 2.45) is 5.92 Å². The molecule has 0 radical (unpaired) electrons. The van der Waals surface area contributed by atoms with E-state index in [0.717, 1.165) is 19.8 Å². The SMILES string of the molecule is C.C1CNCNC1.N#CCC1CN(CC#N)CN(CC#N)C1.N#CCCl. The Hall–Kier alpha value is -1.91. The van der Waals surface area contributed by atoms with Gasteiger partial charge in [0, 0.05) is 26.2 Å². The average Bonchev–Trinajstić information content (AvgIpc) is 2.65. The Kier molecular flexibility index (Phi) is 19.7. The summed E-state index contributed by atoms with van der Waals surface area (Å²) < 4.78 is 0. The normalized spacial score (nSPS) is 17.3. The predicted octanol–water partition coefficient (Wildman–Crippen LogP) is 1.05. The highest BCUT2D eigenvalue weighted by Gasteiger charge is 2.24. The molecule has 2 aliphatic heterocycles. The summed E-state index contributed by atoms with van der Waals surface area (Å²) in [5.41, 5.74) is 0. The van der Waals surface area contributed by atoms with Crippen LogP contribution in [0.2, 0.25) is 0 Å². The van der Waals surface area contributed by atoms with E-state index >= 15 is 0 Å². The van der Waals surface area contributed by atoms with Crippen molar-refractivity contribution in [2.45, 2.75) is 20.3 Å². The Bertz CT molecular complexity index is 425. The zero-order chi connectivity index (χ0) is 18.8. The van der Waals surface area contributed by atoms with Crippen LogP contribution in [-0.2, 0) is 0 Å². The third kappa shape index (κ3) is 14.4. The van der Waals surface area contributed by atoms with Gasteiger partial charge in [-0.2, -0.15) is 21.0 Å². The van der Waals surface area contributed by atoms with Gasteiger partial charge in [-0.1, -0.05) is 7.43 Å². The van der Waals surface area contributed by atoms with E-state index in [4.69, 9.17) is 32.6 Å². The Morgan fingerprint density at radius 1 is 0.885 bits per heavy atom. The fourth-order valence-electron chi connectivity index (χ4n) is 2.48. The van der Waals surface area contributed by atoms with Crippen LogP contribution in [0.5, 0.6) is 0 Å². The number of halogens is 1. The summed E-state index contributed by atoms with van der Waals surface area (Å²) in [5.74, 6) is 0.352. The Labute approximate surface area is 162 Å². The van der Waals surface area contributed by atoms with Crippen molar-refractivity contribution in [3.8, 4) is 24.3 Å². The molecule has 2 N–H and O–H groups in total. The lowest BCUT2D eigenvalue weighted by atomic mass is 10.0. The molecule has 0 aliphatic carbocycles. The molecule has 0 saturated carbocycles. The van der Waals surface area contributed by atoms with Gasteiger partial charge >= 0.3 is 0 Å². The fraction of sp³-hybridized carbons (Fsp3) is 0.765. The van der Waals surface area contributed by atoms with Gasteiger partial charge in [-0.25, -0.2) is 0 Å². The Morgan fingerprint density at radius 2 is 1.38 bits per heavy atom. The molecular formula is C17H29ClN8. The highest BCUT2D eigenvalue weighted by Crippen LogP contribution is 2.14. The Balaban J connectivity index is 0. The molecule has 0 aromatic carbocycles. The van der Waals surface area contributed by atoms with Crippen molar-refractivity contribution in [2.75, 3.05) is 58.5 Å². The third-order valence-corrected chi connectivity index (χ3v) is 3.54. The van der Waals surface area contributed by atoms with Crippen LogP contribution in [0.4, 0.5) is 0 Å². The van der Waals surface area contributed by atoms with E-state index in [0.29, 0.717) is 26.2 Å². The summed E-state index contributed by atoms with van der Waals surface area (Å²) in [7, 11) is 0. The van der Waals surface area contributed by atoms with Crippen molar-refractivity contribution < 1.29 is 0 Å². The molecule has 0 bridgehead atoms. The third-order valence-electron chi connectivity index (χ3n) is 3.42. The van der Waals surface area contributed by atoms with Crippen LogP contribution in [0, 0.1) is 51.2 Å². The zero-order valence-corrected chi connectivity index (χ0v) is 15.2. The molecule has 2 aliphatic rings. The average molecular weight is 381 g/mol. The first-order valence-corrected chi connectivity index (χ1v) is 8.65. The second-order valence-corrected chi connectivity index (χ2v) is 5.80. The summed E-state index contributed by atoms with van der Waals surface area (Å²) in [4.78, 5) is 3.95. The molecule has 2 saturated heterocycles. The number of nitriles is 4. The first-order valence-electron chi connectivity index (χ1n) is 8.11. The number of hydrogen-bond acceptors (Lipinski definition) is 8. The van der Waals surface area contributed by atoms with Crippen molar-refractivity contribution in [1.29, 1.82) is 21.0 Å². The minimum atomic E-state index is 0. The number of nitrogens with zero attached hydrogens (tertiary/aromatic N) is 6. The van der Waals surface area contributed by atoms with Gasteiger partial charge in [-0.15, -0.1) is 11.6 Å². The molecule has 8 nitrogen and oxygen atoms in total. The number of alkyl halides is 1. The highest BCUT2D eigenvalue weighted by atomic mass is 35.5. The lowest BCUT2D eigenvalue weighted by molar-refractivity contribution is 0.0686. The van der Waals surface area contributed by atoms with Crippen LogP contribution in [0.25, 0.3) is 0 Å². The van der Waals surface area contributed by atoms with Gasteiger partial charge in [0.05, 0.1) is 44.0 Å². The van der Waals surface area contributed by atoms with Crippen molar-refractivity contribution >= 4 is 11.6 Å². The van der Waals surface area contributed by atoms with Crippen LogP contribution in [0.1, 0.15) is 20.3 Å². The minimum Gasteiger partial charge on any atom is -0.304 e. The topological polar surface area (TPSA) is 126 Å². The van der Waals surface area contributed by atoms with Gasteiger partial charge in [0.1, 0.15) is 5.88 Å². The number of hydrogen-bond donors (Lipinski definition) is 2. The van der Waals surface area contributed by atoms with Crippen LogP contribution in [-0.4, -0.2) is 68.3 Å². The van der Waals surface area contributed by atoms with Gasteiger partial charge in [-0.3, -0.25) is 9.80 Å². The highest BCUT2D eigenvalue weighted by molar-refractivity contribution is 6.19. The molecule has 2 heterocycles. The predicted molar refractivity (Wildman–Crippen MR) is 102 cm³/mol. The maximum Gasteiger partial charge on any atom is 0.109 e. The van der Waals surface area contributed by atoms with Crippen LogP contribution in [0.15, 0.2) is 0 Å². The van der Waals surface area contributed by atoms with E-state index < -0.39 is 0 Å². The van der Waals surface area contributed by atoms with Crippen LogP contribution in [0.3, 0.4) is 0 Å². The smallest absolute Gasteiger partial charge is 0.109 e. The van der Waals surface area contributed by atoms with Gasteiger partial charge in [0.2, 0.25) is 0 Å². The van der Waals surface area contributed by atoms with E-state index in [-0.39, 0.29) is 19.2 Å². The van der Waals surface area contributed by atoms with E-state index in [1.54, 1.807) is 6.07 Å². The van der Waals surface area contributed by atoms with Gasteiger partial charge in [0.15, 0.2) is 0 Å². The van der Waals surface area contributed by atoms with Gasteiger partial charge < -0.3 is 10.6 Å². The van der Waals surface area contributed by atoms with E-state index in [2.05, 4.69) is 28.8 Å². The standard InChI is InChI=1S/C10H13N5.C4H10N2.C2H2ClN.CH4/c11-2-1-10-7-14(5-3-12)9-15(8-10)6-4-13;1-2-5-4-6-3-1;3-1-2-4;/h10H,1,5-9H2;5-6H,1-4H2;1H2;1H4. The van der Waals surface area contributed by atoms with Crippen LogP contribution >= 0.6 is 11.6 Å². The van der Waals surface area contributed by atoms with Gasteiger partial charge in [-0.05, 0) is 25.4 Å². The van der Waals surface area contributed by atoms with Crippen LogP contribution < -0.4 is 10.6 Å². The quantitative estimate of drug-likeness (QED) is 0.549. The Morgan fingerprint density at radius 3 is 1.65 bits per heavy atom. The molecule has 2 fully saturated rings. The summed E-state index contributed by atoms with van der Waals surface area (Å²) >= 11 is 4.82. The van der Waals surface area contributed by atoms with Gasteiger partial charge in [0.25, 0.3) is 0 Å². The monoisotopic (exact) mass is 380 g/mol. The second kappa shape index (κ2) is 19.4. The lowest BCUT2D eigenvalue weighted by Gasteiger charge is -2.37. The maximum atomic E-state index is 8.63. The second-order valence-electron chi connectivity index (χ2n) is 5.53. The molecule has 9 heteroatoms.